The fraction of sp³-hybridized carbons (Fsp3) is 0.333. The second-order valence-electron chi connectivity index (χ2n) is 10.8. The molecule has 0 unspecified atom stereocenters. The highest BCUT2D eigenvalue weighted by Crippen LogP contribution is 2.68. The zero-order valence-electron chi connectivity index (χ0n) is 20.6. The van der Waals surface area contributed by atoms with Gasteiger partial charge < -0.3 is 9.05 Å². The second kappa shape index (κ2) is 8.02. The molecule has 184 valence electrons. The average Bonchev–Trinajstić information content (AvgIpc) is 3.05. The van der Waals surface area contributed by atoms with E-state index in [1.807, 2.05) is 48.2 Å². The van der Waals surface area contributed by atoms with Crippen LogP contribution in [0.4, 0.5) is 0 Å². The molecule has 0 amide bonds. The SMILES string of the molecule is CC1(C)N[C@H](P2(=O)Oc3ccc4ccccc4c3-c3c(ccc4ccccc34)O2)C2(CCCCC2)S1. The van der Waals surface area contributed by atoms with Crippen LogP contribution in [-0.4, -0.2) is 15.4 Å². The maximum absolute atomic E-state index is 15.1. The van der Waals surface area contributed by atoms with E-state index in [2.05, 4.69) is 55.6 Å². The van der Waals surface area contributed by atoms with Crippen LogP contribution in [0.5, 0.6) is 11.5 Å². The first-order valence-electron chi connectivity index (χ1n) is 12.9. The molecule has 0 radical (unpaired) electrons. The zero-order chi connectivity index (χ0) is 24.5. The summed E-state index contributed by atoms with van der Waals surface area (Å²) in [6.07, 6.45) is 5.55. The Morgan fingerprint density at radius 2 is 1.31 bits per heavy atom. The van der Waals surface area contributed by atoms with Crippen LogP contribution in [0.15, 0.2) is 72.8 Å². The number of hydrogen-bond donors (Lipinski definition) is 1. The topological polar surface area (TPSA) is 47.6 Å². The van der Waals surface area contributed by atoms with Gasteiger partial charge in [-0.3, -0.25) is 5.32 Å². The van der Waals surface area contributed by atoms with Crippen LogP contribution >= 0.6 is 19.4 Å². The van der Waals surface area contributed by atoms with Crippen molar-refractivity contribution in [3.05, 3.63) is 72.8 Å². The lowest BCUT2D eigenvalue weighted by Gasteiger charge is -2.39. The van der Waals surface area contributed by atoms with Crippen LogP contribution in [0.2, 0.25) is 0 Å². The van der Waals surface area contributed by atoms with E-state index in [0.717, 1.165) is 58.4 Å². The molecule has 0 bridgehead atoms. The number of benzene rings is 4. The van der Waals surface area contributed by atoms with Crippen molar-refractivity contribution in [3.63, 3.8) is 0 Å². The van der Waals surface area contributed by atoms with Crippen LogP contribution in [0, 0.1) is 0 Å². The molecule has 6 heteroatoms. The van der Waals surface area contributed by atoms with Crippen LogP contribution < -0.4 is 14.4 Å². The molecule has 36 heavy (non-hydrogen) atoms. The average molecular weight is 516 g/mol. The van der Waals surface area contributed by atoms with Gasteiger partial charge in [0.05, 0.1) is 4.87 Å². The van der Waals surface area contributed by atoms with Gasteiger partial charge in [0, 0.05) is 15.9 Å². The lowest BCUT2D eigenvalue weighted by Crippen LogP contribution is -2.46. The molecule has 4 aromatic carbocycles. The molecule has 1 spiro atoms. The fourth-order valence-corrected chi connectivity index (χ4v) is 11.4. The van der Waals surface area contributed by atoms with Gasteiger partial charge in [-0.25, -0.2) is 4.57 Å². The molecule has 0 aromatic heterocycles. The molecule has 1 N–H and O–H groups in total. The fourth-order valence-electron chi connectivity index (χ4n) is 6.52. The summed E-state index contributed by atoms with van der Waals surface area (Å²) in [5, 5.41) is 8.11. The van der Waals surface area contributed by atoms with Crippen molar-refractivity contribution in [3.8, 4) is 22.6 Å². The largest absolute Gasteiger partial charge is 0.449 e. The van der Waals surface area contributed by atoms with E-state index >= 15 is 4.57 Å². The molecule has 3 aliphatic rings. The molecule has 2 aliphatic heterocycles. The van der Waals surface area contributed by atoms with Gasteiger partial charge in [0.25, 0.3) is 0 Å². The summed E-state index contributed by atoms with van der Waals surface area (Å²) >= 11 is 1.92. The van der Waals surface area contributed by atoms with Crippen molar-refractivity contribution in [2.24, 2.45) is 0 Å². The van der Waals surface area contributed by atoms with Gasteiger partial charge in [-0.05, 0) is 60.4 Å². The van der Waals surface area contributed by atoms with Gasteiger partial charge in [0.15, 0.2) is 0 Å². The molecule has 1 saturated heterocycles. The Morgan fingerprint density at radius 3 is 1.86 bits per heavy atom. The number of thioether (sulfide) groups is 1. The maximum atomic E-state index is 15.1. The summed E-state index contributed by atoms with van der Waals surface area (Å²) in [5.74, 6) is 0.881. The number of hydrogen-bond acceptors (Lipinski definition) is 5. The van der Waals surface area contributed by atoms with E-state index in [1.165, 1.54) is 6.42 Å². The molecule has 4 nitrogen and oxygen atoms in total. The van der Waals surface area contributed by atoms with Crippen LogP contribution in [0.3, 0.4) is 0 Å². The molecule has 1 aliphatic carbocycles. The highest BCUT2D eigenvalue weighted by Gasteiger charge is 2.61. The second-order valence-corrected chi connectivity index (χ2v) is 14.8. The van der Waals surface area contributed by atoms with Crippen molar-refractivity contribution in [2.75, 3.05) is 0 Å². The minimum atomic E-state index is -3.67. The monoisotopic (exact) mass is 515 g/mol. The number of rotatable bonds is 1. The zero-order valence-corrected chi connectivity index (χ0v) is 22.3. The maximum Gasteiger partial charge on any atom is 0.449 e. The molecular formula is C30H30NO3PS. The van der Waals surface area contributed by atoms with E-state index in [4.69, 9.17) is 9.05 Å². The molecule has 7 rings (SSSR count). The van der Waals surface area contributed by atoms with Gasteiger partial charge in [-0.1, -0.05) is 79.9 Å². The summed E-state index contributed by atoms with van der Waals surface area (Å²) in [6.45, 7) is 4.36. The summed E-state index contributed by atoms with van der Waals surface area (Å²) in [5.41, 5.74) is 1.92. The van der Waals surface area contributed by atoms with E-state index in [-0.39, 0.29) is 15.4 Å². The Hall–Kier alpha value is -2.46. The third kappa shape index (κ3) is 3.44. The quantitative estimate of drug-likeness (QED) is 0.257. The number of fused-ring (bicyclic) bond motifs is 7. The van der Waals surface area contributed by atoms with E-state index in [0.29, 0.717) is 11.5 Å². The van der Waals surface area contributed by atoms with Gasteiger partial charge >= 0.3 is 7.60 Å². The Bertz CT molecular complexity index is 1470. The molecule has 1 saturated carbocycles. The van der Waals surface area contributed by atoms with Gasteiger partial charge in [0.2, 0.25) is 0 Å². The normalized spacial score (nSPS) is 23.4. The minimum absolute atomic E-state index is 0.171. The summed E-state index contributed by atoms with van der Waals surface area (Å²) in [6, 6.07) is 24.7. The predicted octanol–water partition coefficient (Wildman–Crippen LogP) is 8.73. The van der Waals surface area contributed by atoms with Crippen molar-refractivity contribution in [1.29, 1.82) is 0 Å². The smallest absolute Gasteiger partial charge is 0.414 e. The first-order chi connectivity index (χ1) is 17.4. The predicted molar refractivity (Wildman–Crippen MR) is 150 cm³/mol. The molecule has 1 atom stereocenters. The van der Waals surface area contributed by atoms with Crippen LogP contribution in [-0.2, 0) is 4.57 Å². The Kier molecular flexibility index (Phi) is 5.06. The summed E-state index contributed by atoms with van der Waals surface area (Å²) in [4.78, 5) is -0.211. The molecule has 2 heterocycles. The van der Waals surface area contributed by atoms with Crippen molar-refractivity contribution in [2.45, 2.75) is 61.4 Å². The standard InChI is InChI=1S/C30H30NO3PS/c1-29(2)31-28(30(36-29)18-8-3-9-19-30)35(32)33-24-16-14-20-10-4-6-12-22(20)26(24)27-23-13-7-5-11-21(23)15-17-25(27)34-35/h4-7,10-17,28,31H,3,8-9,18-19H2,1-2H3/t28-/m1/s1. The molecule has 4 aromatic rings. The number of nitrogens with one attached hydrogen (secondary N) is 1. The van der Waals surface area contributed by atoms with Gasteiger partial charge in [-0.2, -0.15) is 0 Å². The Labute approximate surface area is 216 Å². The minimum Gasteiger partial charge on any atom is -0.414 e. The third-order valence-electron chi connectivity index (χ3n) is 7.94. The van der Waals surface area contributed by atoms with E-state index in [9.17, 15) is 0 Å². The lowest BCUT2D eigenvalue weighted by atomic mass is 9.88. The Morgan fingerprint density at radius 1 is 0.778 bits per heavy atom. The van der Waals surface area contributed by atoms with Crippen LogP contribution in [0.1, 0.15) is 46.0 Å². The van der Waals surface area contributed by atoms with E-state index < -0.39 is 7.60 Å². The summed E-state index contributed by atoms with van der Waals surface area (Å²) < 4.78 is 28.2. The van der Waals surface area contributed by atoms with E-state index in [1.54, 1.807) is 0 Å². The van der Waals surface area contributed by atoms with Crippen molar-refractivity contribution in [1.82, 2.24) is 5.32 Å². The van der Waals surface area contributed by atoms with Crippen LogP contribution in [0.25, 0.3) is 32.7 Å². The lowest BCUT2D eigenvalue weighted by molar-refractivity contribution is 0.307. The Balaban J connectivity index is 1.50. The third-order valence-corrected chi connectivity index (χ3v) is 12.0. The van der Waals surface area contributed by atoms with Crippen molar-refractivity contribution >= 4 is 40.9 Å². The highest BCUT2D eigenvalue weighted by atomic mass is 32.2. The van der Waals surface area contributed by atoms with Crippen molar-refractivity contribution < 1.29 is 13.6 Å². The molecular weight excluding hydrogens is 485 g/mol. The van der Waals surface area contributed by atoms with Gasteiger partial charge in [-0.15, -0.1) is 11.8 Å². The molecule has 2 fully saturated rings. The van der Waals surface area contributed by atoms with Gasteiger partial charge in [0.1, 0.15) is 17.3 Å². The highest BCUT2D eigenvalue weighted by molar-refractivity contribution is 8.02. The first kappa shape index (κ1) is 22.7. The first-order valence-corrected chi connectivity index (χ1v) is 15.3. The summed E-state index contributed by atoms with van der Waals surface area (Å²) in [7, 11) is -3.67.